The Hall–Kier alpha value is -2.51. The van der Waals surface area contributed by atoms with Crippen LogP contribution in [0.5, 0.6) is 0 Å². The summed E-state index contributed by atoms with van der Waals surface area (Å²) >= 11 is 0. The maximum absolute atomic E-state index is 13.5. The third kappa shape index (κ3) is 41.1. The molecule has 19 heteroatoms. The zero-order chi connectivity index (χ0) is 71.8. The number of ether oxygens (including phenoxy) is 6. The summed E-state index contributed by atoms with van der Waals surface area (Å²) in [6, 6.07) is -0.889. The molecule has 1 amide bonds. The average Bonchev–Trinajstić information content (AvgIpc) is 0.761. The first-order chi connectivity index (χ1) is 48.3. The molecule has 0 bridgehead atoms. The van der Waals surface area contributed by atoms with E-state index >= 15 is 0 Å². The van der Waals surface area contributed by atoms with Gasteiger partial charge in [0.15, 0.2) is 18.9 Å². The first kappa shape index (κ1) is 90.7. The lowest BCUT2D eigenvalue weighted by Crippen LogP contribution is -2.66. The molecule has 578 valence electrons. The fourth-order valence-corrected chi connectivity index (χ4v) is 13.5. The van der Waals surface area contributed by atoms with Crippen molar-refractivity contribution < 1.29 is 89.4 Å². The molecule has 0 aromatic carbocycles. The second kappa shape index (κ2) is 60.7. The van der Waals surface area contributed by atoms with E-state index in [1.54, 1.807) is 0 Å². The number of allylic oxidation sites excluding steroid dienone is 10. The smallest absolute Gasteiger partial charge is 0.220 e. The van der Waals surface area contributed by atoms with Gasteiger partial charge in [0.2, 0.25) is 5.91 Å². The summed E-state index contributed by atoms with van der Waals surface area (Å²) in [7, 11) is 0. The first-order valence-corrected chi connectivity index (χ1v) is 40.0. The van der Waals surface area contributed by atoms with Crippen molar-refractivity contribution in [3.8, 4) is 0 Å². The van der Waals surface area contributed by atoms with Gasteiger partial charge in [-0.3, -0.25) is 4.79 Å². The molecule has 3 heterocycles. The average molecular weight is 1410 g/mol. The number of hydrogen-bond acceptors (Lipinski definition) is 18. The van der Waals surface area contributed by atoms with E-state index in [2.05, 4.69) is 79.9 Å². The monoisotopic (exact) mass is 1410 g/mol. The first-order valence-electron chi connectivity index (χ1n) is 40.0. The third-order valence-corrected chi connectivity index (χ3v) is 19.9. The van der Waals surface area contributed by atoms with Crippen LogP contribution < -0.4 is 5.32 Å². The number of nitrogens with one attached hydrogen (secondary N) is 1. The fraction of sp³-hybridized carbons (Fsp3) is 0.863. The SMILES string of the molecule is CC/C=C\C/C=C\C/C=C\C/C=C\C/C=C\CCCCCCCCCCCCCCCCCCCC(=O)NC(COC1OC(CO)C(OC2OC(CO)C(OC3OC(CO)C(O)C(O)C3O)C(O)C2O)C(O)C1O)C(O)CCCCCCCCCCCCCCCCCCCCCCC. The van der Waals surface area contributed by atoms with Crippen molar-refractivity contribution in [3.05, 3.63) is 60.8 Å². The van der Waals surface area contributed by atoms with E-state index in [9.17, 15) is 61.0 Å². The maximum Gasteiger partial charge on any atom is 0.220 e. The van der Waals surface area contributed by atoms with Crippen LogP contribution in [0.1, 0.15) is 309 Å². The zero-order valence-corrected chi connectivity index (χ0v) is 61.7. The Morgan fingerprint density at radius 1 is 0.374 bits per heavy atom. The van der Waals surface area contributed by atoms with Crippen molar-refractivity contribution in [2.75, 3.05) is 26.4 Å². The summed E-state index contributed by atoms with van der Waals surface area (Å²) < 4.78 is 34.5. The van der Waals surface area contributed by atoms with Crippen molar-refractivity contribution in [3.63, 3.8) is 0 Å². The number of hydrogen-bond donors (Lipinski definition) is 12. The second-order valence-corrected chi connectivity index (χ2v) is 28.5. The molecular formula is C80H145NO18. The van der Waals surface area contributed by atoms with Crippen molar-refractivity contribution in [2.45, 2.75) is 413 Å². The summed E-state index contributed by atoms with van der Waals surface area (Å²) in [5.74, 6) is -0.239. The van der Waals surface area contributed by atoms with Crippen LogP contribution in [0.25, 0.3) is 0 Å². The topological polar surface area (TPSA) is 307 Å². The number of amides is 1. The van der Waals surface area contributed by atoms with Crippen LogP contribution in [0, 0.1) is 0 Å². The summed E-state index contributed by atoms with van der Waals surface area (Å²) in [5.41, 5.74) is 0. The number of carbonyl (C=O) groups is 1. The zero-order valence-electron chi connectivity index (χ0n) is 61.7. The van der Waals surface area contributed by atoms with E-state index in [1.165, 1.54) is 199 Å². The quantitative estimate of drug-likeness (QED) is 0.0199. The van der Waals surface area contributed by atoms with E-state index in [0.717, 1.165) is 77.0 Å². The van der Waals surface area contributed by atoms with Gasteiger partial charge in [-0.1, -0.05) is 306 Å². The number of aliphatic hydroxyl groups is 11. The Balaban J connectivity index is 1.35. The van der Waals surface area contributed by atoms with Gasteiger partial charge >= 0.3 is 0 Å². The minimum absolute atomic E-state index is 0.239. The van der Waals surface area contributed by atoms with Gasteiger partial charge in [-0.25, -0.2) is 0 Å². The van der Waals surface area contributed by atoms with Gasteiger partial charge in [0.1, 0.15) is 73.2 Å². The van der Waals surface area contributed by atoms with Crippen LogP contribution in [-0.4, -0.2) is 193 Å². The predicted molar refractivity (Wildman–Crippen MR) is 392 cm³/mol. The van der Waals surface area contributed by atoms with Crippen LogP contribution in [0.3, 0.4) is 0 Å². The number of carbonyl (C=O) groups excluding carboxylic acids is 1. The standard InChI is InChI=1S/C80H145NO18/c1-3-5-7-9-11-13-15-17-19-21-23-25-26-27-28-29-30-31-32-33-34-35-36-38-40-42-44-46-48-50-52-54-56-58-68(86)81-63(64(85)57-55-53-51-49-47-45-43-41-39-37-24-22-20-18-16-14-12-10-8-6-4-2)62-94-78-74(92)71(89)76(66(60-83)96-78)99-80-75(93)72(90)77(67(61-84)97-80)98-79-73(91)70(88)69(87)65(59-82)95-79/h5,7,11,13,17,19,23,25,27-28,63-67,69-80,82-85,87-93H,3-4,6,8-10,12,14-16,18,20-22,24,26,29-62H2,1-2H3,(H,81,86)/b7-5-,13-11-,19-17-,25-23-,28-27-. The minimum atomic E-state index is -1.97. The molecule has 3 saturated heterocycles. The third-order valence-electron chi connectivity index (χ3n) is 19.9. The molecule has 0 aliphatic carbocycles. The highest BCUT2D eigenvalue weighted by atomic mass is 16.8. The van der Waals surface area contributed by atoms with E-state index < -0.39 is 124 Å². The molecule has 0 saturated carbocycles. The molecule has 3 aliphatic heterocycles. The van der Waals surface area contributed by atoms with Gasteiger partial charge in [-0.2, -0.15) is 0 Å². The Morgan fingerprint density at radius 3 is 1.09 bits per heavy atom. The number of unbranched alkanes of at least 4 members (excludes halogenated alkanes) is 37. The Morgan fingerprint density at radius 2 is 0.697 bits per heavy atom. The largest absolute Gasteiger partial charge is 0.394 e. The summed E-state index contributed by atoms with van der Waals surface area (Å²) in [6.07, 6.45) is 50.2. The molecular weight excluding hydrogens is 1260 g/mol. The Labute approximate surface area is 598 Å². The fourth-order valence-electron chi connectivity index (χ4n) is 13.5. The second-order valence-electron chi connectivity index (χ2n) is 28.5. The van der Waals surface area contributed by atoms with Crippen molar-refractivity contribution in [1.29, 1.82) is 0 Å². The van der Waals surface area contributed by atoms with Gasteiger partial charge in [0.25, 0.3) is 0 Å². The molecule has 0 aromatic rings. The molecule has 0 aromatic heterocycles. The number of rotatable bonds is 63. The lowest BCUT2D eigenvalue weighted by atomic mass is 9.96. The lowest BCUT2D eigenvalue weighted by Gasteiger charge is -2.48. The molecule has 0 radical (unpaired) electrons. The van der Waals surface area contributed by atoms with Crippen molar-refractivity contribution in [1.82, 2.24) is 5.32 Å². The van der Waals surface area contributed by atoms with Gasteiger partial charge in [0.05, 0.1) is 38.6 Å². The van der Waals surface area contributed by atoms with Crippen LogP contribution in [0.2, 0.25) is 0 Å². The highest BCUT2D eigenvalue weighted by Crippen LogP contribution is 2.33. The summed E-state index contributed by atoms with van der Waals surface area (Å²) in [4.78, 5) is 13.5. The predicted octanol–water partition coefficient (Wildman–Crippen LogP) is 13.1. The normalized spacial score (nSPS) is 26.9. The van der Waals surface area contributed by atoms with Crippen molar-refractivity contribution in [2.24, 2.45) is 0 Å². The lowest BCUT2D eigenvalue weighted by molar-refractivity contribution is -0.379. The van der Waals surface area contributed by atoms with Gasteiger partial charge in [-0.05, 0) is 57.8 Å². The molecule has 12 N–H and O–H groups in total. The van der Waals surface area contributed by atoms with Gasteiger partial charge in [0, 0.05) is 6.42 Å². The van der Waals surface area contributed by atoms with Crippen molar-refractivity contribution >= 4 is 5.91 Å². The van der Waals surface area contributed by atoms with Crippen LogP contribution in [-0.2, 0) is 33.2 Å². The van der Waals surface area contributed by atoms with E-state index in [1.807, 2.05) is 0 Å². The van der Waals surface area contributed by atoms with E-state index in [-0.39, 0.29) is 18.9 Å². The molecule has 99 heavy (non-hydrogen) atoms. The van der Waals surface area contributed by atoms with Gasteiger partial charge < -0.3 is 89.9 Å². The molecule has 3 aliphatic rings. The highest BCUT2D eigenvalue weighted by Gasteiger charge is 2.54. The molecule has 3 rings (SSSR count). The molecule has 19 nitrogen and oxygen atoms in total. The van der Waals surface area contributed by atoms with E-state index in [4.69, 9.17) is 28.4 Å². The molecule has 0 spiro atoms. The molecule has 3 fully saturated rings. The Bertz CT molecular complexity index is 2020. The maximum atomic E-state index is 13.5. The summed E-state index contributed by atoms with van der Waals surface area (Å²) in [5, 5.41) is 121. The van der Waals surface area contributed by atoms with E-state index in [0.29, 0.717) is 12.8 Å². The Kier molecular flexibility index (Phi) is 55.6. The summed E-state index contributed by atoms with van der Waals surface area (Å²) in [6.45, 7) is 1.73. The molecule has 17 atom stereocenters. The van der Waals surface area contributed by atoms with Gasteiger partial charge in [-0.15, -0.1) is 0 Å². The van der Waals surface area contributed by atoms with Crippen LogP contribution in [0.15, 0.2) is 60.8 Å². The number of aliphatic hydroxyl groups excluding tert-OH is 11. The molecule has 17 unspecified atom stereocenters. The highest BCUT2D eigenvalue weighted by molar-refractivity contribution is 5.76. The minimum Gasteiger partial charge on any atom is -0.394 e. The van der Waals surface area contributed by atoms with Crippen LogP contribution in [0.4, 0.5) is 0 Å². The van der Waals surface area contributed by atoms with Crippen LogP contribution >= 0.6 is 0 Å².